The zero-order chi connectivity index (χ0) is 14.3. The number of benzene rings is 1. The van der Waals surface area contributed by atoms with Crippen LogP contribution in [0.3, 0.4) is 0 Å². The lowest BCUT2D eigenvalue weighted by Gasteiger charge is -2.17. The second-order valence-corrected chi connectivity index (χ2v) is 4.70. The Morgan fingerprint density at radius 1 is 1.32 bits per heavy atom. The molecule has 2 atom stereocenters. The highest BCUT2D eigenvalue weighted by Crippen LogP contribution is 2.20. The molecule has 5 heteroatoms. The highest BCUT2D eigenvalue weighted by Gasteiger charge is 2.17. The molecule has 0 spiro atoms. The SMILES string of the molecule is CCOC(=O)Cc1ccc(C(O)C(O)CCS)cc1. The number of carbonyl (C=O) groups is 1. The van der Waals surface area contributed by atoms with Gasteiger partial charge >= 0.3 is 5.97 Å². The van der Waals surface area contributed by atoms with E-state index < -0.39 is 12.2 Å². The van der Waals surface area contributed by atoms with E-state index >= 15 is 0 Å². The van der Waals surface area contributed by atoms with Crippen molar-refractivity contribution in [1.82, 2.24) is 0 Å². The maximum atomic E-state index is 11.3. The smallest absolute Gasteiger partial charge is 0.310 e. The zero-order valence-electron chi connectivity index (χ0n) is 11.0. The largest absolute Gasteiger partial charge is 0.466 e. The normalized spacial score (nSPS) is 13.9. The van der Waals surface area contributed by atoms with Crippen molar-refractivity contribution in [2.24, 2.45) is 0 Å². The average Bonchev–Trinajstić information content (AvgIpc) is 2.39. The highest BCUT2D eigenvalue weighted by molar-refractivity contribution is 7.80. The van der Waals surface area contributed by atoms with E-state index in [-0.39, 0.29) is 12.4 Å². The van der Waals surface area contributed by atoms with Crippen LogP contribution in [-0.2, 0) is 16.0 Å². The molecule has 1 aromatic carbocycles. The number of aliphatic hydroxyl groups excluding tert-OH is 2. The van der Waals surface area contributed by atoms with Gasteiger partial charge in [0.15, 0.2) is 0 Å². The minimum atomic E-state index is -0.927. The summed E-state index contributed by atoms with van der Waals surface area (Å²) in [6.07, 6.45) is -1.12. The van der Waals surface area contributed by atoms with Gasteiger partial charge in [-0.3, -0.25) is 4.79 Å². The Labute approximate surface area is 118 Å². The van der Waals surface area contributed by atoms with Crippen molar-refractivity contribution < 1.29 is 19.7 Å². The van der Waals surface area contributed by atoms with E-state index in [0.717, 1.165) is 5.56 Å². The van der Waals surface area contributed by atoms with E-state index in [9.17, 15) is 15.0 Å². The molecule has 0 aliphatic carbocycles. The minimum Gasteiger partial charge on any atom is -0.466 e. The fourth-order valence-electron chi connectivity index (χ4n) is 1.72. The summed E-state index contributed by atoms with van der Waals surface area (Å²) in [6, 6.07) is 6.92. The van der Waals surface area contributed by atoms with E-state index in [1.54, 1.807) is 31.2 Å². The van der Waals surface area contributed by atoms with Gasteiger partial charge in [0, 0.05) is 0 Å². The van der Waals surface area contributed by atoms with Gasteiger partial charge in [-0.2, -0.15) is 12.6 Å². The number of hydrogen-bond acceptors (Lipinski definition) is 5. The lowest BCUT2D eigenvalue weighted by molar-refractivity contribution is -0.142. The molecule has 2 unspecified atom stereocenters. The molecule has 106 valence electrons. The summed E-state index contributed by atoms with van der Waals surface area (Å²) in [5, 5.41) is 19.6. The Hall–Kier alpha value is -1.04. The van der Waals surface area contributed by atoms with Crippen molar-refractivity contribution in [1.29, 1.82) is 0 Å². The van der Waals surface area contributed by atoms with Gasteiger partial charge in [0.05, 0.1) is 19.1 Å². The van der Waals surface area contributed by atoms with E-state index in [0.29, 0.717) is 24.3 Å². The quantitative estimate of drug-likeness (QED) is 0.524. The maximum Gasteiger partial charge on any atom is 0.310 e. The van der Waals surface area contributed by atoms with Gasteiger partial charge in [0.1, 0.15) is 6.10 Å². The molecule has 0 radical (unpaired) electrons. The molecule has 1 aromatic rings. The van der Waals surface area contributed by atoms with Crippen molar-refractivity contribution in [2.45, 2.75) is 32.0 Å². The number of esters is 1. The number of thiol groups is 1. The van der Waals surface area contributed by atoms with Crippen molar-refractivity contribution in [3.05, 3.63) is 35.4 Å². The third kappa shape index (κ3) is 5.22. The second-order valence-electron chi connectivity index (χ2n) is 4.25. The Bertz CT molecular complexity index is 391. The van der Waals surface area contributed by atoms with Gasteiger partial charge in [-0.25, -0.2) is 0 Å². The first-order valence-electron chi connectivity index (χ1n) is 6.30. The first-order valence-corrected chi connectivity index (χ1v) is 6.93. The third-order valence-electron chi connectivity index (χ3n) is 2.76. The molecule has 0 aromatic heterocycles. The Balaban J connectivity index is 2.63. The minimum absolute atomic E-state index is 0.212. The van der Waals surface area contributed by atoms with Gasteiger partial charge in [0.2, 0.25) is 0 Å². The molecule has 1 rings (SSSR count). The fourth-order valence-corrected chi connectivity index (χ4v) is 1.99. The van der Waals surface area contributed by atoms with Crippen LogP contribution in [0.2, 0.25) is 0 Å². The average molecular weight is 284 g/mol. The molecular formula is C14H20O4S. The summed E-state index contributed by atoms with van der Waals surface area (Å²) < 4.78 is 4.86. The van der Waals surface area contributed by atoms with Gasteiger partial charge in [0.25, 0.3) is 0 Å². The molecule has 0 saturated carbocycles. The predicted octanol–water partition coefficient (Wildman–Crippen LogP) is 1.51. The van der Waals surface area contributed by atoms with Crippen molar-refractivity contribution in [3.8, 4) is 0 Å². The van der Waals surface area contributed by atoms with Gasteiger partial charge in [-0.1, -0.05) is 24.3 Å². The van der Waals surface area contributed by atoms with Crippen LogP contribution in [0.5, 0.6) is 0 Å². The Kier molecular flexibility index (Phi) is 6.91. The number of carbonyl (C=O) groups excluding carboxylic acids is 1. The predicted molar refractivity (Wildman–Crippen MR) is 76.2 cm³/mol. The van der Waals surface area contributed by atoms with E-state index in [1.165, 1.54) is 0 Å². The third-order valence-corrected chi connectivity index (χ3v) is 3.02. The molecule has 0 bridgehead atoms. The lowest BCUT2D eigenvalue weighted by atomic mass is 10.0. The topological polar surface area (TPSA) is 66.8 Å². The number of hydrogen-bond donors (Lipinski definition) is 3. The molecule has 0 fully saturated rings. The van der Waals surface area contributed by atoms with E-state index in [4.69, 9.17) is 4.74 Å². The van der Waals surface area contributed by atoms with Crippen LogP contribution in [0.4, 0.5) is 0 Å². The zero-order valence-corrected chi connectivity index (χ0v) is 11.8. The van der Waals surface area contributed by atoms with Crippen LogP contribution >= 0.6 is 12.6 Å². The van der Waals surface area contributed by atoms with Crippen LogP contribution in [0.15, 0.2) is 24.3 Å². The monoisotopic (exact) mass is 284 g/mol. The summed E-state index contributed by atoms with van der Waals surface area (Å²) in [5.41, 5.74) is 1.44. The standard InChI is InChI=1S/C14H20O4S/c1-2-18-13(16)9-10-3-5-11(6-4-10)14(17)12(15)7-8-19/h3-6,12,14-15,17,19H,2,7-9H2,1H3. The van der Waals surface area contributed by atoms with Crippen LogP contribution in [0.25, 0.3) is 0 Å². The van der Waals surface area contributed by atoms with Crippen LogP contribution in [0, 0.1) is 0 Å². The summed E-state index contributed by atoms with van der Waals surface area (Å²) in [7, 11) is 0. The Morgan fingerprint density at radius 2 is 1.95 bits per heavy atom. The van der Waals surface area contributed by atoms with Crippen LogP contribution < -0.4 is 0 Å². The van der Waals surface area contributed by atoms with Crippen LogP contribution in [0.1, 0.15) is 30.6 Å². The van der Waals surface area contributed by atoms with Gasteiger partial charge < -0.3 is 14.9 Å². The molecule has 0 saturated heterocycles. The summed E-state index contributed by atoms with van der Waals surface area (Å²) in [4.78, 5) is 11.3. The molecule has 2 N–H and O–H groups in total. The molecule has 19 heavy (non-hydrogen) atoms. The second kappa shape index (κ2) is 8.19. The van der Waals surface area contributed by atoms with Gasteiger partial charge in [-0.05, 0) is 30.2 Å². The number of aliphatic hydroxyl groups is 2. The fraction of sp³-hybridized carbons (Fsp3) is 0.500. The summed E-state index contributed by atoms with van der Waals surface area (Å²) in [6.45, 7) is 2.13. The maximum absolute atomic E-state index is 11.3. The first-order chi connectivity index (χ1) is 9.08. The number of ether oxygens (including phenoxy) is 1. The molecule has 0 aliphatic rings. The molecular weight excluding hydrogens is 264 g/mol. The molecule has 0 heterocycles. The Morgan fingerprint density at radius 3 is 2.47 bits per heavy atom. The lowest BCUT2D eigenvalue weighted by Crippen LogP contribution is -2.18. The molecule has 4 nitrogen and oxygen atoms in total. The summed E-state index contributed by atoms with van der Waals surface area (Å²) in [5.74, 6) is 0.241. The van der Waals surface area contributed by atoms with E-state index in [2.05, 4.69) is 12.6 Å². The van der Waals surface area contributed by atoms with Crippen molar-refractivity contribution in [3.63, 3.8) is 0 Å². The van der Waals surface area contributed by atoms with E-state index in [1.807, 2.05) is 0 Å². The number of rotatable bonds is 7. The first kappa shape index (κ1) is 16.0. The van der Waals surface area contributed by atoms with Crippen molar-refractivity contribution in [2.75, 3.05) is 12.4 Å². The highest BCUT2D eigenvalue weighted by atomic mass is 32.1. The molecule has 0 amide bonds. The van der Waals surface area contributed by atoms with Crippen LogP contribution in [-0.4, -0.2) is 34.6 Å². The van der Waals surface area contributed by atoms with Gasteiger partial charge in [-0.15, -0.1) is 0 Å². The summed E-state index contributed by atoms with van der Waals surface area (Å²) >= 11 is 4.02. The van der Waals surface area contributed by atoms with Crippen molar-refractivity contribution >= 4 is 18.6 Å². The molecule has 0 aliphatic heterocycles.